The molecule has 0 aromatic heterocycles. The summed E-state index contributed by atoms with van der Waals surface area (Å²) in [5.74, 6) is -0.359. The number of hydrogen-bond acceptors (Lipinski definition) is 2. The molecule has 0 radical (unpaired) electrons. The number of carbonyl (C=O) groups excluding carboxylic acids is 1. The van der Waals surface area contributed by atoms with Gasteiger partial charge in [-0.3, -0.25) is 4.79 Å². The normalized spacial score (nSPS) is 12.1. The zero-order valence-corrected chi connectivity index (χ0v) is 14.4. The van der Waals surface area contributed by atoms with Crippen LogP contribution in [0.3, 0.4) is 0 Å². The van der Waals surface area contributed by atoms with E-state index in [1.165, 1.54) is 24.3 Å². The molecule has 0 heterocycles. The molecule has 0 aliphatic rings. The number of amides is 1. The van der Waals surface area contributed by atoms with Gasteiger partial charge >= 0.3 is 5.51 Å². The molecule has 0 fully saturated rings. The van der Waals surface area contributed by atoms with Gasteiger partial charge in [-0.1, -0.05) is 32.9 Å². The Balaban J connectivity index is 2.04. The van der Waals surface area contributed by atoms with Crippen LogP contribution >= 0.6 is 11.8 Å². The molecular formula is C18H18F3NOS. The number of hydrogen-bond donors (Lipinski definition) is 1. The summed E-state index contributed by atoms with van der Waals surface area (Å²) in [6, 6.07) is 12.8. The summed E-state index contributed by atoms with van der Waals surface area (Å²) in [4.78, 5) is 12.2. The Kier molecular flexibility index (Phi) is 5.28. The molecular weight excluding hydrogens is 335 g/mol. The molecule has 0 aliphatic heterocycles. The van der Waals surface area contributed by atoms with Crippen LogP contribution in [0, 0.1) is 0 Å². The maximum Gasteiger partial charge on any atom is 0.446 e. The van der Waals surface area contributed by atoms with Crippen LogP contribution in [0.15, 0.2) is 53.4 Å². The van der Waals surface area contributed by atoms with Gasteiger partial charge in [0.25, 0.3) is 5.91 Å². The first-order chi connectivity index (χ1) is 11.0. The minimum absolute atomic E-state index is 0.0223. The molecule has 0 aliphatic carbocycles. The van der Waals surface area contributed by atoms with Crippen LogP contribution < -0.4 is 5.32 Å². The lowest BCUT2D eigenvalue weighted by Gasteiger charge is -2.19. The smallest absolute Gasteiger partial charge is 0.322 e. The number of anilines is 1. The monoisotopic (exact) mass is 353 g/mol. The van der Waals surface area contributed by atoms with Crippen molar-refractivity contribution in [2.45, 2.75) is 36.6 Å². The molecule has 2 rings (SSSR count). The highest BCUT2D eigenvalue weighted by Crippen LogP contribution is 2.36. The van der Waals surface area contributed by atoms with Crippen LogP contribution in [-0.2, 0) is 5.41 Å². The molecule has 0 saturated heterocycles. The predicted molar refractivity (Wildman–Crippen MR) is 91.4 cm³/mol. The lowest BCUT2D eigenvalue weighted by Crippen LogP contribution is -2.13. The average molecular weight is 353 g/mol. The molecule has 1 N–H and O–H groups in total. The van der Waals surface area contributed by atoms with Crippen LogP contribution in [0.1, 0.15) is 36.7 Å². The molecule has 1 amide bonds. The van der Waals surface area contributed by atoms with Crippen molar-refractivity contribution in [3.8, 4) is 0 Å². The fraction of sp³-hybridized carbons (Fsp3) is 0.278. The van der Waals surface area contributed by atoms with Crippen molar-refractivity contribution in [2.24, 2.45) is 0 Å². The summed E-state index contributed by atoms with van der Waals surface area (Å²) in [5.41, 5.74) is -2.22. The molecule has 24 heavy (non-hydrogen) atoms. The van der Waals surface area contributed by atoms with Gasteiger partial charge in [0, 0.05) is 16.1 Å². The fourth-order valence-electron chi connectivity index (χ4n) is 2.06. The van der Waals surface area contributed by atoms with Gasteiger partial charge in [-0.05, 0) is 59.1 Å². The van der Waals surface area contributed by atoms with E-state index < -0.39 is 5.51 Å². The van der Waals surface area contributed by atoms with Gasteiger partial charge in [0.15, 0.2) is 0 Å². The minimum Gasteiger partial charge on any atom is -0.322 e. The van der Waals surface area contributed by atoms with Gasteiger partial charge in [0.2, 0.25) is 0 Å². The van der Waals surface area contributed by atoms with E-state index in [-0.39, 0.29) is 28.0 Å². The van der Waals surface area contributed by atoms with Crippen molar-refractivity contribution < 1.29 is 18.0 Å². The Morgan fingerprint density at radius 3 is 1.92 bits per heavy atom. The van der Waals surface area contributed by atoms with Crippen molar-refractivity contribution in [2.75, 3.05) is 5.32 Å². The first-order valence-corrected chi connectivity index (χ1v) is 8.14. The van der Waals surface area contributed by atoms with E-state index in [4.69, 9.17) is 0 Å². The number of alkyl halides is 3. The molecule has 0 unspecified atom stereocenters. The maximum atomic E-state index is 12.3. The molecule has 0 spiro atoms. The topological polar surface area (TPSA) is 29.1 Å². The molecule has 0 atom stereocenters. The van der Waals surface area contributed by atoms with Crippen LogP contribution in [0.2, 0.25) is 0 Å². The summed E-state index contributed by atoms with van der Waals surface area (Å²) < 4.78 is 36.9. The number of halogens is 3. The fourth-order valence-corrected chi connectivity index (χ4v) is 2.60. The first kappa shape index (κ1) is 18.4. The Hall–Kier alpha value is -1.95. The van der Waals surface area contributed by atoms with Crippen LogP contribution in [0.4, 0.5) is 18.9 Å². The van der Waals surface area contributed by atoms with Crippen molar-refractivity contribution in [3.05, 3.63) is 59.7 Å². The van der Waals surface area contributed by atoms with E-state index in [0.29, 0.717) is 11.3 Å². The lowest BCUT2D eigenvalue weighted by atomic mass is 9.87. The van der Waals surface area contributed by atoms with Crippen molar-refractivity contribution in [1.82, 2.24) is 0 Å². The molecule has 0 bridgehead atoms. The number of nitrogens with one attached hydrogen (secondary N) is 1. The zero-order chi connectivity index (χ0) is 18.0. The Labute approximate surface area is 143 Å². The van der Waals surface area contributed by atoms with Crippen molar-refractivity contribution in [1.29, 1.82) is 0 Å². The number of carbonyl (C=O) groups is 1. The third-order valence-corrected chi connectivity index (χ3v) is 4.10. The van der Waals surface area contributed by atoms with Gasteiger partial charge in [-0.25, -0.2) is 0 Å². The number of thioether (sulfide) groups is 1. The largest absolute Gasteiger partial charge is 0.446 e. The SMILES string of the molecule is CC(C)(C)c1ccc(NC(=O)c2ccc(SC(F)(F)F)cc2)cc1. The van der Waals surface area contributed by atoms with Gasteiger partial charge in [0.05, 0.1) is 0 Å². The standard InChI is InChI=1S/C18H18F3NOS/c1-17(2,3)13-6-8-14(9-7-13)22-16(23)12-4-10-15(11-5-12)24-18(19,20)21/h4-11H,1-3H3,(H,22,23). The highest BCUT2D eigenvalue weighted by atomic mass is 32.2. The minimum atomic E-state index is -4.33. The highest BCUT2D eigenvalue weighted by molar-refractivity contribution is 8.00. The van der Waals surface area contributed by atoms with E-state index in [0.717, 1.165) is 5.56 Å². The number of benzene rings is 2. The molecule has 0 saturated carbocycles. The Morgan fingerprint density at radius 1 is 0.917 bits per heavy atom. The first-order valence-electron chi connectivity index (χ1n) is 7.32. The summed E-state index contributed by atoms with van der Waals surface area (Å²) >= 11 is -0.203. The second-order valence-corrected chi connectivity index (χ2v) is 7.49. The Morgan fingerprint density at radius 2 is 1.46 bits per heavy atom. The van der Waals surface area contributed by atoms with Gasteiger partial charge in [-0.2, -0.15) is 13.2 Å². The summed E-state index contributed by atoms with van der Waals surface area (Å²) in [6.45, 7) is 6.29. The van der Waals surface area contributed by atoms with E-state index in [9.17, 15) is 18.0 Å². The van der Waals surface area contributed by atoms with Crippen molar-refractivity contribution >= 4 is 23.4 Å². The summed E-state index contributed by atoms with van der Waals surface area (Å²) in [6.07, 6.45) is 0. The van der Waals surface area contributed by atoms with Gasteiger partial charge < -0.3 is 5.32 Å². The van der Waals surface area contributed by atoms with Crippen LogP contribution in [0.25, 0.3) is 0 Å². The van der Waals surface area contributed by atoms with E-state index >= 15 is 0 Å². The molecule has 2 nitrogen and oxygen atoms in total. The molecule has 2 aromatic rings. The molecule has 128 valence electrons. The third kappa shape index (κ3) is 5.30. The maximum absolute atomic E-state index is 12.3. The number of rotatable bonds is 3. The highest BCUT2D eigenvalue weighted by Gasteiger charge is 2.29. The van der Waals surface area contributed by atoms with Gasteiger partial charge in [0.1, 0.15) is 0 Å². The third-order valence-electron chi connectivity index (χ3n) is 3.36. The zero-order valence-electron chi connectivity index (χ0n) is 13.6. The van der Waals surface area contributed by atoms with E-state index in [1.807, 2.05) is 24.3 Å². The molecule has 2 aromatic carbocycles. The summed E-state index contributed by atoms with van der Waals surface area (Å²) in [7, 11) is 0. The average Bonchev–Trinajstić information content (AvgIpc) is 2.46. The Bertz CT molecular complexity index is 701. The predicted octanol–water partition coefficient (Wildman–Crippen LogP) is 5.85. The summed E-state index contributed by atoms with van der Waals surface area (Å²) in [5, 5.41) is 2.74. The lowest BCUT2D eigenvalue weighted by molar-refractivity contribution is -0.0328. The quantitative estimate of drug-likeness (QED) is 0.702. The molecule has 6 heteroatoms. The second kappa shape index (κ2) is 6.89. The van der Waals surface area contributed by atoms with Crippen LogP contribution in [-0.4, -0.2) is 11.4 Å². The van der Waals surface area contributed by atoms with Gasteiger partial charge in [-0.15, -0.1) is 0 Å². The van der Waals surface area contributed by atoms with E-state index in [2.05, 4.69) is 26.1 Å². The van der Waals surface area contributed by atoms with Crippen LogP contribution in [0.5, 0.6) is 0 Å². The van der Waals surface area contributed by atoms with E-state index in [1.54, 1.807) is 0 Å². The van der Waals surface area contributed by atoms with Crippen molar-refractivity contribution in [3.63, 3.8) is 0 Å². The second-order valence-electron chi connectivity index (χ2n) is 6.35.